The number of carboxylic acid groups (broad SMARTS) is 1. The SMILES string of the molecule is CNC(CNCCc1ccc[nH]1)C(=O)O. The highest BCUT2D eigenvalue weighted by molar-refractivity contribution is 5.73. The van der Waals surface area contributed by atoms with Gasteiger partial charge in [-0.1, -0.05) is 0 Å². The fourth-order valence-corrected chi connectivity index (χ4v) is 1.31. The minimum Gasteiger partial charge on any atom is -0.480 e. The average Bonchev–Trinajstić information content (AvgIpc) is 2.70. The number of likely N-dealkylation sites (N-methyl/N-ethyl adjacent to an activating group) is 1. The van der Waals surface area contributed by atoms with Gasteiger partial charge >= 0.3 is 5.97 Å². The zero-order chi connectivity index (χ0) is 11.1. The van der Waals surface area contributed by atoms with E-state index in [4.69, 9.17) is 5.11 Å². The van der Waals surface area contributed by atoms with Gasteiger partial charge < -0.3 is 20.7 Å². The number of hydrogen-bond acceptors (Lipinski definition) is 3. The zero-order valence-electron chi connectivity index (χ0n) is 8.79. The van der Waals surface area contributed by atoms with Crippen LogP contribution in [0.5, 0.6) is 0 Å². The summed E-state index contributed by atoms with van der Waals surface area (Å²) in [4.78, 5) is 13.7. The lowest BCUT2D eigenvalue weighted by molar-refractivity contribution is -0.139. The van der Waals surface area contributed by atoms with Crippen molar-refractivity contribution in [2.45, 2.75) is 12.5 Å². The van der Waals surface area contributed by atoms with Crippen LogP contribution < -0.4 is 10.6 Å². The van der Waals surface area contributed by atoms with Crippen LogP contribution in [0.1, 0.15) is 5.69 Å². The van der Waals surface area contributed by atoms with E-state index in [2.05, 4.69) is 15.6 Å². The van der Waals surface area contributed by atoms with Crippen molar-refractivity contribution in [3.63, 3.8) is 0 Å². The Morgan fingerprint density at radius 3 is 3.00 bits per heavy atom. The molecule has 0 fully saturated rings. The first-order chi connectivity index (χ1) is 7.24. The minimum atomic E-state index is -0.829. The molecule has 5 heteroatoms. The van der Waals surface area contributed by atoms with Crippen molar-refractivity contribution < 1.29 is 9.90 Å². The Balaban J connectivity index is 2.13. The summed E-state index contributed by atoms with van der Waals surface area (Å²) in [7, 11) is 1.64. The smallest absolute Gasteiger partial charge is 0.322 e. The molecule has 0 amide bonds. The summed E-state index contributed by atoms with van der Waals surface area (Å²) >= 11 is 0. The van der Waals surface area contributed by atoms with Crippen LogP contribution in [0.25, 0.3) is 0 Å². The second-order valence-electron chi connectivity index (χ2n) is 3.33. The Morgan fingerprint density at radius 2 is 2.47 bits per heavy atom. The van der Waals surface area contributed by atoms with Gasteiger partial charge in [0.25, 0.3) is 0 Å². The highest BCUT2D eigenvalue weighted by atomic mass is 16.4. The van der Waals surface area contributed by atoms with Crippen LogP contribution in [-0.2, 0) is 11.2 Å². The standard InChI is InChI=1S/C10H17N3O2/c1-11-9(10(14)15)7-12-6-4-8-3-2-5-13-8/h2-3,5,9,11-13H,4,6-7H2,1H3,(H,14,15). The Kier molecular flexibility index (Phi) is 4.86. The Bertz CT molecular complexity index is 285. The summed E-state index contributed by atoms with van der Waals surface area (Å²) in [5, 5.41) is 14.6. The van der Waals surface area contributed by atoms with Crippen LogP contribution >= 0.6 is 0 Å². The van der Waals surface area contributed by atoms with E-state index >= 15 is 0 Å². The highest BCUT2D eigenvalue weighted by Crippen LogP contribution is 1.93. The summed E-state index contributed by atoms with van der Waals surface area (Å²) in [5.41, 5.74) is 1.15. The third-order valence-electron chi connectivity index (χ3n) is 2.23. The molecule has 5 nitrogen and oxygen atoms in total. The molecule has 0 bridgehead atoms. The van der Waals surface area contributed by atoms with Gasteiger partial charge in [-0.15, -0.1) is 0 Å². The van der Waals surface area contributed by atoms with E-state index in [0.29, 0.717) is 6.54 Å². The summed E-state index contributed by atoms with van der Waals surface area (Å²) in [6.07, 6.45) is 2.76. The number of aliphatic carboxylic acids is 1. The molecule has 84 valence electrons. The topological polar surface area (TPSA) is 77.1 Å². The number of aromatic nitrogens is 1. The Morgan fingerprint density at radius 1 is 1.67 bits per heavy atom. The number of carboxylic acids is 1. The lowest BCUT2D eigenvalue weighted by atomic mass is 10.2. The van der Waals surface area contributed by atoms with Crippen molar-refractivity contribution in [3.05, 3.63) is 24.0 Å². The van der Waals surface area contributed by atoms with Crippen LogP contribution in [0.4, 0.5) is 0 Å². The molecule has 1 aromatic rings. The molecule has 15 heavy (non-hydrogen) atoms. The molecule has 0 saturated heterocycles. The van der Waals surface area contributed by atoms with Gasteiger partial charge in [0.1, 0.15) is 6.04 Å². The van der Waals surface area contributed by atoms with E-state index in [-0.39, 0.29) is 0 Å². The minimum absolute atomic E-state index is 0.437. The van der Waals surface area contributed by atoms with Crippen LogP contribution in [0.2, 0.25) is 0 Å². The maximum atomic E-state index is 10.6. The largest absolute Gasteiger partial charge is 0.480 e. The molecular weight excluding hydrogens is 194 g/mol. The first-order valence-electron chi connectivity index (χ1n) is 4.97. The molecule has 0 aliphatic carbocycles. The second-order valence-corrected chi connectivity index (χ2v) is 3.33. The van der Waals surface area contributed by atoms with Crippen LogP contribution in [0.3, 0.4) is 0 Å². The summed E-state index contributed by atoms with van der Waals surface area (Å²) < 4.78 is 0. The van der Waals surface area contributed by atoms with E-state index in [1.54, 1.807) is 7.05 Å². The van der Waals surface area contributed by atoms with Gasteiger partial charge in [0.15, 0.2) is 0 Å². The van der Waals surface area contributed by atoms with E-state index in [1.165, 1.54) is 0 Å². The number of rotatable bonds is 7. The normalized spacial score (nSPS) is 12.6. The number of nitrogens with one attached hydrogen (secondary N) is 3. The molecule has 0 aliphatic heterocycles. The monoisotopic (exact) mass is 211 g/mol. The molecule has 1 atom stereocenters. The van der Waals surface area contributed by atoms with Crippen molar-refractivity contribution in [2.75, 3.05) is 20.1 Å². The van der Waals surface area contributed by atoms with Crippen molar-refractivity contribution in [3.8, 4) is 0 Å². The molecule has 0 aromatic carbocycles. The molecule has 1 heterocycles. The fraction of sp³-hybridized carbons (Fsp3) is 0.500. The van der Waals surface area contributed by atoms with Crippen molar-refractivity contribution in [1.29, 1.82) is 0 Å². The fourth-order valence-electron chi connectivity index (χ4n) is 1.31. The Hall–Kier alpha value is -1.33. The maximum Gasteiger partial charge on any atom is 0.322 e. The molecule has 1 aromatic heterocycles. The van der Waals surface area contributed by atoms with Gasteiger partial charge in [0.2, 0.25) is 0 Å². The highest BCUT2D eigenvalue weighted by Gasteiger charge is 2.13. The van der Waals surface area contributed by atoms with Gasteiger partial charge in [-0.05, 0) is 25.6 Å². The molecule has 0 radical (unpaired) electrons. The van der Waals surface area contributed by atoms with E-state index < -0.39 is 12.0 Å². The van der Waals surface area contributed by atoms with Crippen LogP contribution in [0.15, 0.2) is 18.3 Å². The summed E-state index contributed by atoms with van der Waals surface area (Å²) in [5.74, 6) is -0.829. The lowest BCUT2D eigenvalue weighted by Crippen LogP contribution is -2.43. The van der Waals surface area contributed by atoms with Crippen LogP contribution in [0, 0.1) is 0 Å². The van der Waals surface area contributed by atoms with Gasteiger partial charge in [-0.2, -0.15) is 0 Å². The molecular formula is C10H17N3O2. The van der Waals surface area contributed by atoms with E-state index in [0.717, 1.165) is 18.7 Å². The zero-order valence-corrected chi connectivity index (χ0v) is 8.79. The molecule has 0 aliphatic rings. The molecule has 1 unspecified atom stereocenters. The number of aromatic amines is 1. The maximum absolute atomic E-state index is 10.6. The van der Waals surface area contributed by atoms with Gasteiger partial charge in [-0.25, -0.2) is 0 Å². The average molecular weight is 211 g/mol. The van der Waals surface area contributed by atoms with Gasteiger partial charge in [-0.3, -0.25) is 4.79 Å². The predicted octanol–water partition coefficient (Wildman–Crippen LogP) is -0.181. The van der Waals surface area contributed by atoms with E-state index in [9.17, 15) is 4.79 Å². The number of carbonyl (C=O) groups is 1. The van der Waals surface area contributed by atoms with Crippen molar-refractivity contribution in [2.24, 2.45) is 0 Å². The second kappa shape index (κ2) is 6.21. The molecule has 4 N–H and O–H groups in total. The summed E-state index contributed by atoms with van der Waals surface area (Å²) in [6.45, 7) is 1.21. The quantitative estimate of drug-likeness (QED) is 0.472. The van der Waals surface area contributed by atoms with Gasteiger partial charge in [0, 0.05) is 25.0 Å². The molecule has 1 rings (SSSR count). The predicted molar refractivity (Wildman–Crippen MR) is 57.8 cm³/mol. The summed E-state index contributed by atoms with van der Waals surface area (Å²) in [6, 6.07) is 3.44. The van der Waals surface area contributed by atoms with E-state index in [1.807, 2.05) is 18.3 Å². The first-order valence-corrected chi connectivity index (χ1v) is 4.97. The third kappa shape index (κ3) is 4.14. The molecule has 0 spiro atoms. The van der Waals surface area contributed by atoms with Crippen molar-refractivity contribution in [1.82, 2.24) is 15.6 Å². The number of H-pyrrole nitrogens is 1. The third-order valence-corrected chi connectivity index (χ3v) is 2.23. The lowest BCUT2D eigenvalue weighted by Gasteiger charge is -2.11. The Labute approximate surface area is 88.9 Å². The molecule has 0 saturated carbocycles. The number of hydrogen-bond donors (Lipinski definition) is 4. The van der Waals surface area contributed by atoms with Gasteiger partial charge in [0.05, 0.1) is 0 Å². The van der Waals surface area contributed by atoms with Crippen LogP contribution in [-0.4, -0.2) is 42.2 Å². The first kappa shape index (κ1) is 11.7. The van der Waals surface area contributed by atoms with Crippen molar-refractivity contribution >= 4 is 5.97 Å².